The lowest BCUT2D eigenvalue weighted by Gasteiger charge is -2.32. The number of Topliss-reactive ketones (excluding diaryl/α,β-unsaturated/α-hetero) is 1. The number of benzene rings is 2. The van der Waals surface area contributed by atoms with Crippen LogP contribution >= 0.6 is 0 Å². The highest BCUT2D eigenvalue weighted by molar-refractivity contribution is 6.38. The van der Waals surface area contributed by atoms with Gasteiger partial charge in [0.15, 0.2) is 0 Å². The fourth-order valence-electron chi connectivity index (χ4n) is 6.13. The summed E-state index contributed by atoms with van der Waals surface area (Å²) in [6.45, 7) is 9.54. The Bertz CT molecular complexity index is 1390. The number of hydrogen-bond acceptors (Lipinski definition) is 5. The van der Waals surface area contributed by atoms with E-state index in [0.717, 1.165) is 16.7 Å². The molecule has 2 aromatic rings. The van der Waals surface area contributed by atoms with Crippen molar-refractivity contribution in [3.8, 4) is 0 Å². The second-order valence-electron chi connectivity index (χ2n) is 11.6. The number of likely N-dealkylation sites (tertiary alicyclic amines) is 1. The molecule has 0 bridgehead atoms. The van der Waals surface area contributed by atoms with Gasteiger partial charge in [0.2, 0.25) is 17.6 Å². The number of hydrogen-bond donors (Lipinski definition) is 4. The van der Waals surface area contributed by atoms with Crippen molar-refractivity contribution in [1.82, 2.24) is 26.2 Å². The zero-order chi connectivity index (χ0) is 32.3. The van der Waals surface area contributed by atoms with Crippen molar-refractivity contribution in [3.63, 3.8) is 0 Å². The fraction of sp³-hybridized carbons (Fsp3) is 0.400. The van der Waals surface area contributed by atoms with Crippen LogP contribution in [0.5, 0.6) is 0 Å². The molecule has 1 fully saturated rings. The number of nitrogens with one attached hydrogen (secondary N) is 4. The van der Waals surface area contributed by atoms with E-state index in [-0.39, 0.29) is 30.8 Å². The van der Waals surface area contributed by atoms with Gasteiger partial charge in [-0.25, -0.2) is 4.79 Å². The second kappa shape index (κ2) is 15.8. The van der Waals surface area contributed by atoms with Gasteiger partial charge in [0.1, 0.15) is 12.1 Å². The maximum Gasteiger partial charge on any atom is 0.315 e. The predicted molar refractivity (Wildman–Crippen MR) is 172 cm³/mol. The van der Waals surface area contributed by atoms with Gasteiger partial charge in [-0.1, -0.05) is 66.7 Å². The topological polar surface area (TPSA) is 137 Å². The van der Waals surface area contributed by atoms with Gasteiger partial charge in [-0.2, -0.15) is 0 Å². The smallest absolute Gasteiger partial charge is 0.315 e. The van der Waals surface area contributed by atoms with Crippen LogP contribution in [-0.2, 0) is 32.0 Å². The molecule has 0 spiro atoms. The van der Waals surface area contributed by atoms with Crippen LogP contribution in [-0.4, -0.2) is 65.7 Å². The first kappa shape index (κ1) is 33.2. The van der Waals surface area contributed by atoms with E-state index in [1.165, 1.54) is 11.0 Å². The molecule has 10 nitrogen and oxygen atoms in total. The Morgan fingerprint density at radius 2 is 1.58 bits per heavy atom. The first-order chi connectivity index (χ1) is 21.7. The van der Waals surface area contributed by atoms with Crippen LogP contribution in [0.2, 0.25) is 0 Å². The zero-order valence-corrected chi connectivity index (χ0v) is 25.8. The molecular formula is C35H43N5O5. The van der Waals surface area contributed by atoms with Crippen LogP contribution < -0.4 is 21.3 Å². The molecular weight excluding hydrogens is 570 g/mol. The Labute approximate surface area is 264 Å². The Hall–Kier alpha value is -4.73. The lowest BCUT2D eigenvalue weighted by Crippen LogP contribution is -2.59. The van der Waals surface area contributed by atoms with Crippen molar-refractivity contribution < 1.29 is 24.0 Å². The monoisotopic (exact) mass is 613 g/mol. The summed E-state index contributed by atoms with van der Waals surface area (Å²) in [5, 5.41) is 11.1. The Kier molecular flexibility index (Phi) is 11.7. The highest BCUT2D eigenvalue weighted by atomic mass is 16.2. The van der Waals surface area contributed by atoms with Crippen LogP contribution in [0.15, 0.2) is 79.9 Å². The Balaban J connectivity index is 1.51. The minimum Gasteiger partial charge on any atom is -0.346 e. The zero-order valence-electron chi connectivity index (χ0n) is 25.8. The molecule has 0 aromatic heterocycles. The second-order valence-corrected chi connectivity index (χ2v) is 11.6. The number of allylic oxidation sites excluding steroid dienone is 1. The van der Waals surface area contributed by atoms with Crippen LogP contribution in [0.25, 0.3) is 0 Å². The van der Waals surface area contributed by atoms with Gasteiger partial charge in [-0.05, 0) is 68.1 Å². The number of fused-ring (bicyclic) bond motifs is 1. The van der Waals surface area contributed by atoms with Gasteiger partial charge in [-0.15, -0.1) is 13.2 Å². The minimum atomic E-state index is -1.07. The molecule has 0 radical (unpaired) electrons. The van der Waals surface area contributed by atoms with Crippen molar-refractivity contribution in [2.75, 3.05) is 13.1 Å². The van der Waals surface area contributed by atoms with E-state index in [1.807, 2.05) is 61.5 Å². The summed E-state index contributed by atoms with van der Waals surface area (Å²) in [6.07, 6.45) is 5.89. The molecule has 2 aliphatic rings. The van der Waals surface area contributed by atoms with Crippen molar-refractivity contribution >= 4 is 29.5 Å². The third-order valence-corrected chi connectivity index (χ3v) is 8.52. The highest BCUT2D eigenvalue weighted by Crippen LogP contribution is 2.31. The van der Waals surface area contributed by atoms with Crippen molar-refractivity contribution in [3.05, 3.63) is 96.6 Å². The number of ketones is 1. The maximum atomic E-state index is 14.3. The van der Waals surface area contributed by atoms with Crippen LogP contribution in [0.4, 0.5) is 4.79 Å². The Morgan fingerprint density at radius 3 is 2.22 bits per heavy atom. The lowest BCUT2D eigenvalue weighted by atomic mass is 9.94. The van der Waals surface area contributed by atoms with E-state index < -0.39 is 41.8 Å². The molecule has 1 saturated heterocycles. The normalized spacial score (nSPS) is 17.7. The standard InChI is InChI=1S/C35H43N5O5/c1-4-6-17-28(31(41)33(43)36-19-5-2)38-32(42)29-18-12-20-40(29)34(44)30(27-21-25-15-10-11-16-26(25)22-27)39-35(45)37-23(3)24-13-8-7-9-14-24/h4-5,7-11,13-16,23,27-30H,1-2,6,12,17-22H2,3H3,(H,36,43)(H,38,42)(H2,37,39,45)/t23?,28?,29-,30-/m0/s1. The third kappa shape index (κ3) is 8.47. The summed E-state index contributed by atoms with van der Waals surface area (Å²) in [4.78, 5) is 67.9. The molecule has 10 heteroatoms. The average molecular weight is 614 g/mol. The first-order valence-corrected chi connectivity index (χ1v) is 15.6. The van der Waals surface area contributed by atoms with Gasteiger partial charge in [0.05, 0.1) is 12.1 Å². The molecule has 45 heavy (non-hydrogen) atoms. The van der Waals surface area contributed by atoms with Crippen LogP contribution in [0.1, 0.15) is 55.3 Å². The first-order valence-electron chi connectivity index (χ1n) is 15.6. The summed E-state index contributed by atoms with van der Waals surface area (Å²) < 4.78 is 0. The average Bonchev–Trinajstić information content (AvgIpc) is 3.72. The molecule has 2 unspecified atom stereocenters. The quantitative estimate of drug-likeness (QED) is 0.192. The summed E-state index contributed by atoms with van der Waals surface area (Å²) >= 11 is 0. The van der Waals surface area contributed by atoms with Crippen molar-refractivity contribution in [1.29, 1.82) is 0 Å². The summed E-state index contributed by atoms with van der Waals surface area (Å²) in [7, 11) is 0. The van der Waals surface area contributed by atoms with Gasteiger partial charge >= 0.3 is 6.03 Å². The molecule has 1 heterocycles. The third-order valence-electron chi connectivity index (χ3n) is 8.52. The SMILES string of the molecule is C=CCCC(NC(=O)[C@@H]1CCCN1C(=O)[C@@H](NC(=O)NC(C)c1ccccc1)C1Cc2ccccc2C1)C(=O)C(=O)NCC=C. The molecule has 1 aliphatic heterocycles. The minimum absolute atomic E-state index is 0.120. The van der Waals surface area contributed by atoms with E-state index in [0.29, 0.717) is 38.6 Å². The van der Waals surface area contributed by atoms with Gasteiger partial charge in [-0.3, -0.25) is 19.2 Å². The number of urea groups is 1. The molecule has 4 rings (SSSR count). The van der Waals surface area contributed by atoms with E-state index in [1.54, 1.807) is 6.08 Å². The van der Waals surface area contributed by atoms with Crippen LogP contribution in [0, 0.1) is 5.92 Å². The molecule has 2 aromatic carbocycles. The van der Waals surface area contributed by atoms with Crippen LogP contribution in [0.3, 0.4) is 0 Å². The van der Waals surface area contributed by atoms with Gasteiger partial charge < -0.3 is 26.2 Å². The Morgan fingerprint density at radius 1 is 0.911 bits per heavy atom. The molecule has 238 valence electrons. The largest absolute Gasteiger partial charge is 0.346 e. The number of amides is 5. The molecule has 0 saturated carbocycles. The van der Waals surface area contributed by atoms with E-state index in [4.69, 9.17) is 0 Å². The van der Waals surface area contributed by atoms with Gasteiger partial charge in [0.25, 0.3) is 5.91 Å². The number of nitrogens with zero attached hydrogens (tertiary/aromatic N) is 1. The van der Waals surface area contributed by atoms with E-state index in [2.05, 4.69) is 34.4 Å². The summed E-state index contributed by atoms with van der Waals surface area (Å²) in [5.74, 6) is -2.63. The van der Waals surface area contributed by atoms with Crippen molar-refractivity contribution in [2.24, 2.45) is 5.92 Å². The van der Waals surface area contributed by atoms with E-state index >= 15 is 0 Å². The fourth-order valence-corrected chi connectivity index (χ4v) is 6.13. The highest BCUT2D eigenvalue weighted by Gasteiger charge is 2.43. The summed E-state index contributed by atoms with van der Waals surface area (Å²) in [5.41, 5.74) is 3.20. The maximum absolute atomic E-state index is 14.3. The number of rotatable bonds is 14. The molecule has 5 amide bonds. The van der Waals surface area contributed by atoms with Crippen molar-refractivity contribution in [2.45, 2.75) is 69.6 Å². The number of carbonyl (C=O) groups excluding carboxylic acids is 5. The molecule has 4 N–H and O–H groups in total. The molecule has 1 aliphatic carbocycles. The summed E-state index contributed by atoms with van der Waals surface area (Å²) in [6, 6.07) is 14.0. The predicted octanol–water partition coefficient (Wildman–Crippen LogP) is 3.14. The van der Waals surface area contributed by atoms with Gasteiger partial charge in [0, 0.05) is 13.1 Å². The molecule has 4 atom stereocenters. The van der Waals surface area contributed by atoms with E-state index in [9.17, 15) is 24.0 Å². The lowest BCUT2D eigenvalue weighted by molar-refractivity contribution is -0.143. The number of carbonyl (C=O) groups is 5.